The number of aliphatic carboxylic acids is 1. The Hall–Kier alpha value is -1.10. The van der Waals surface area contributed by atoms with Gasteiger partial charge in [-0.15, -0.1) is 0 Å². The van der Waals surface area contributed by atoms with Gasteiger partial charge in [0.25, 0.3) is 0 Å². The Morgan fingerprint density at radius 3 is 3.00 bits per heavy atom. The van der Waals surface area contributed by atoms with Gasteiger partial charge in [-0.1, -0.05) is 6.42 Å². The number of rotatable bonds is 2. The minimum Gasteiger partial charge on any atom is -0.481 e. The van der Waals surface area contributed by atoms with Crippen molar-refractivity contribution in [2.24, 2.45) is 5.92 Å². The van der Waals surface area contributed by atoms with Crippen LogP contribution in [-0.2, 0) is 17.6 Å². The highest BCUT2D eigenvalue weighted by atomic mass is 32.2. The van der Waals surface area contributed by atoms with Gasteiger partial charge in [0.15, 0.2) is 0 Å². The monoisotopic (exact) mass is 278 g/mol. The molecular formula is C14H18N2O2S. The minimum absolute atomic E-state index is 0.258. The van der Waals surface area contributed by atoms with Crippen molar-refractivity contribution in [3.05, 3.63) is 23.3 Å². The third kappa shape index (κ3) is 2.76. The highest BCUT2D eigenvalue weighted by Crippen LogP contribution is 2.37. The molecule has 0 aromatic carbocycles. The zero-order valence-corrected chi connectivity index (χ0v) is 11.7. The number of aryl methyl sites for hydroxylation is 1. The van der Waals surface area contributed by atoms with Crippen LogP contribution in [0.3, 0.4) is 0 Å². The second-order valence-corrected chi connectivity index (χ2v) is 6.64. The number of hydrogen-bond donors (Lipinski definition) is 1. The maximum absolute atomic E-state index is 11.0. The zero-order valence-electron chi connectivity index (χ0n) is 10.8. The van der Waals surface area contributed by atoms with Crippen LogP contribution in [0.5, 0.6) is 0 Å². The fourth-order valence-corrected chi connectivity index (χ4v) is 4.08. The Morgan fingerprint density at radius 2 is 2.26 bits per heavy atom. The van der Waals surface area contributed by atoms with Crippen molar-refractivity contribution in [1.82, 2.24) is 9.97 Å². The summed E-state index contributed by atoms with van der Waals surface area (Å²) >= 11 is 1.95. The first-order valence-corrected chi connectivity index (χ1v) is 7.98. The van der Waals surface area contributed by atoms with E-state index in [0.717, 1.165) is 23.5 Å². The molecule has 0 saturated carbocycles. The summed E-state index contributed by atoms with van der Waals surface area (Å²) in [5.74, 6) is 1.20. The quantitative estimate of drug-likeness (QED) is 0.901. The largest absolute Gasteiger partial charge is 0.481 e. The maximum atomic E-state index is 11.0. The van der Waals surface area contributed by atoms with Gasteiger partial charge in [0.1, 0.15) is 5.82 Å². The van der Waals surface area contributed by atoms with E-state index >= 15 is 0 Å². The number of thioether (sulfide) groups is 1. The predicted octanol–water partition coefficient (Wildman–Crippen LogP) is 2.62. The van der Waals surface area contributed by atoms with Crippen molar-refractivity contribution in [3.8, 4) is 0 Å². The van der Waals surface area contributed by atoms with Crippen LogP contribution in [0.1, 0.15) is 48.0 Å². The molecule has 4 nitrogen and oxygen atoms in total. The van der Waals surface area contributed by atoms with Gasteiger partial charge in [0.2, 0.25) is 0 Å². The van der Waals surface area contributed by atoms with Crippen LogP contribution >= 0.6 is 11.8 Å². The highest BCUT2D eigenvalue weighted by molar-refractivity contribution is 7.99. The molecule has 2 aliphatic rings. The first-order chi connectivity index (χ1) is 9.24. The molecular weight excluding hydrogens is 260 g/mol. The molecule has 1 N–H and O–H groups in total. The van der Waals surface area contributed by atoms with E-state index < -0.39 is 5.97 Å². The lowest BCUT2D eigenvalue weighted by Crippen LogP contribution is -2.24. The predicted molar refractivity (Wildman–Crippen MR) is 74.2 cm³/mol. The number of fused-ring (bicyclic) bond motifs is 1. The zero-order chi connectivity index (χ0) is 13.2. The van der Waals surface area contributed by atoms with Crippen molar-refractivity contribution in [2.75, 3.05) is 5.75 Å². The molecule has 102 valence electrons. The smallest absolute Gasteiger partial charge is 0.306 e. The highest BCUT2D eigenvalue weighted by Gasteiger charge is 2.27. The lowest BCUT2D eigenvalue weighted by Gasteiger charge is -2.24. The SMILES string of the molecule is O=C(O)C1CCc2nc(C3CCCCS3)ncc2C1. The maximum Gasteiger partial charge on any atom is 0.306 e. The van der Waals surface area contributed by atoms with E-state index in [-0.39, 0.29) is 5.92 Å². The van der Waals surface area contributed by atoms with Crippen molar-refractivity contribution >= 4 is 17.7 Å². The number of hydrogen-bond acceptors (Lipinski definition) is 4. The molecule has 2 atom stereocenters. The van der Waals surface area contributed by atoms with E-state index in [9.17, 15) is 4.79 Å². The van der Waals surface area contributed by atoms with Gasteiger partial charge >= 0.3 is 5.97 Å². The van der Waals surface area contributed by atoms with E-state index in [1.807, 2.05) is 18.0 Å². The van der Waals surface area contributed by atoms with Crippen molar-refractivity contribution in [3.63, 3.8) is 0 Å². The van der Waals surface area contributed by atoms with E-state index in [0.29, 0.717) is 18.1 Å². The van der Waals surface area contributed by atoms with Crippen LogP contribution in [0.25, 0.3) is 0 Å². The van der Waals surface area contributed by atoms with Gasteiger partial charge in [-0.05, 0) is 43.4 Å². The summed E-state index contributed by atoms with van der Waals surface area (Å²) in [4.78, 5) is 20.2. The molecule has 1 fully saturated rings. The number of carboxylic acid groups (broad SMARTS) is 1. The average Bonchev–Trinajstić information content (AvgIpc) is 2.47. The van der Waals surface area contributed by atoms with E-state index in [4.69, 9.17) is 10.1 Å². The van der Waals surface area contributed by atoms with E-state index in [1.165, 1.54) is 25.0 Å². The van der Waals surface area contributed by atoms with Gasteiger partial charge in [-0.2, -0.15) is 11.8 Å². The van der Waals surface area contributed by atoms with Crippen molar-refractivity contribution in [2.45, 2.75) is 43.8 Å². The normalized spacial score (nSPS) is 26.7. The molecule has 0 spiro atoms. The summed E-state index contributed by atoms with van der Waals surface area (Å²) in [6.45, 7) is 0. The molecule has 0 bridgehead atoms. The minimum atomic E-state index is -0.697. The Kier molecular flexibility index (Phi) is 3.73. The summed E-state index contributed by atoms with van der Waals surface area (Å²) in [5, 5.41) is 9.52. The summed E-state index contributed by atoms with van der Waals surface area (Å²) in [6, 6.07) is 0. The standard InChI is InChI=1S/C14H18N2O2S/c17-14(18)9-4-5-11-10(7-9)8-15-13(16-11)12-3-1-2-6-19-12/h8-9,12H,1-7H2,(H,17,18). The van der Waals surface area contributed by atoms with Crippen LogP contribution in [0.2, 0.25) is 0 Å². The summed E-state index contributed by atoms with van der Waals surface area (Å²) < 4.78 is 0. The van der Waals surface area contributed by atoms with Gasteiger partial charge in [0, 0.05) is 11.9 Å². The molecule has 5 heteroatoms. The molecule has 19 heavy (non-hydrogen) atoms. The Balaban J connectivity index is 1.79. The molecule has 1 saturated heterocycles. The number of carbonyl (C=O) groups is 1. The average molecular weight is 278 g/mol. The van der Waals surface area contributed by atoms with E-state index in [2.05, 4.69) is 4.98 Å². The molecule has 1 aromatic heterocycles. The van der Waals surface area contributed by atoms with Gasteiger partial charge < -0.3 is 5.11 Å². The molecule has 0 radical (unpaired) electrons. The van der Waals surface area contributed by atoms with E-state index in [1.54, 1.807) is 0 Å². The molecule has 1 aliphatic carbocycles. The topological polar surface area (TPSA) is 63.1 Å². The first kappa shape index (κ1) is 12.9. The first-order valence-electron chi connectivity index (χ1n) is 6.93. The summed E-state index contributed by atoms with van der Waals surface area (Å²) in [7, 11) is 0. The van der Waals surface area contributed by atoms with Crippen LogP contribution in [-0.4, -0.2) is 26.8 Å². The number of nitrogens with zero attached hydrogens (tertiary/aromatic N) is 2. The Morgan fingerprint density at radius 1 is 1.37 bits per heavy atom. The second-order valence-electron chi connectivity index (χ2n) is 5.33. The fourth-order valence-electron chi connectivity index (χ4n) is 2.83. The lowest BCUT2D eigenvalue weighted by molar-refractivity contribution is -0.142. The van der Waals surface area contributed by atoms with Gasteiger partial charge in [-0.25, -0.2) is 9.97 Å². The van der Waals surface area contributed by atoms with Crippen LogP contribution in [0, 0.1) is 5.92 Å². The van der Waals surface area contributed by atoms with Crippen LogP contribution < -0.4 is 0 Å². The lowest BCUT2D eigenvalue weighted by atomic mass is 9.87. The summed E-state index contributed by atoms with van der Waals surface area (Å²) in [5.41, 5.74) is 2.11. The summed E-state index contributed by atoms with van der Waals surface area (Å²) in [6.07, 6.45) is 7.66. The molecule has 1 aromatic rings. The molecule has 0 amide bonds. The fraction of sp³-hybridized carbons (Fsp3) is 0.643. The molecule has 3 rings (SSSR count). The van der Waals surface area contributed by atoms with Crippen molar-refractivity contribution in [1.29, 1.82) is 0 Å². The van der Waals surface area contributed by atoms with Gasteiger partial charge in [-0.3, -0.25) is 4.79 Å². The molecule has 1 aliphatic heterocycles. The Labute approximate surface area is 117 Å². The Bertz CT molecular complexity index is 486. The van der Waals surface area contributed by atoms with Crippen LogP contribution in [0.15, 0.2) is 6.20 Å². The second kappa shape index (κ2) is 5.49. The number of carboxylic acids is 1. The van der Waals surface area contributed by atoms with Crippen LogP contribution in [0.4, 0.5) is 0 Å². The molecule has 2 heterocycles. The number of aromatic nitrogens is 2. The third-order valence-corrected chi connectivity index (χ3v) is 5.36. The van der Waals surface area contributed by atoms with Gasteiger partial charge in [0.05, 0.1) is 11.2 Å². The van der Waals surface area contributed by atoms with Crippen molar-refractivity contribution < 1.29 is 9.90 Å². The molecule has 2 unspecified atom stereocenters. The third-order valence-electron chi connectivity index (χ3n) is 3.99.